The first kappa shape index (κ1) is 21.2. The number of hydrogen-bond acceptors (Lipinski definition) is 0. The van der Waals surface area contributed by atoms with Gasteiger partial charge in [-0.1, -0.05) is 37.1 Å². The van der Waals surface area contributed by atoms with Crippen molar-refractivity contribution in [3.63, 3.8) is 0 Å². The SMILES string of the molecule is C/C=C/CCC1CCC(C2CCc3cc(-c4cccc(F)c4F)c(F)cc3C2)CC1. The molecule has 1 atom stereocenters. The molecule has 0 aromatic heterocycles. The minimum absolute atomic E-state index is 0.00802. The molecule has 0 spiro atoms. The highest BCUT2D eigenvalue weighted by Crippen LogP contribution is 2.42. The van der Waals surface area contributed by atoms with E-state index in [0.29, 0.717) is 5.92 Å². The van der Waals surface area contributed by atoms with Gasteiger partial charge < -0.3 is 0 Å². The Hall–Kier alpha value is -2.03. The Morgan fingerprint density at radius 1 is 0.867 bits per heavy atom. The second-order valence-electron chi connectivity index (χ2n) is 9.13. The first-order chi connectivity index (χ1) is 14.6. The second-order valence-corrected chi connectivity index (χ2v) is 9.13. The molecule has 1 saturated carbocycles. The predicted molar refractivity (Wildman–Crippen MR) is 117 cm³/mol. The van der Waals surface area contributed by atoms with Crippen molar-refractivity contribution in [2.75, 3.05) is 0 Å². The summed E-state index contributed by atoms with van der Waals surface area (Å²) in [5.74, 6) is -0.159. The van der Waals surface area contributed by atoms with Crippen LogP contribution in [-0.4, -0.2) is 0 Å². The summed E-state index contributed by atoms with van der Waals surface area (Å²) >= 11 is 0. The van der Waals surface area contributed by atoms with Crippen molar-refractivity contribution >= 4 is 0 Å². The van der Waals surface area contributed by atoms with Crippen LogP contribution in [0.25, 0.3) is 11.1 Å². The van der Waals surface area contributed by atoms with Gasteiger partial charge in [0.2, 0.25) is 0 Å². The standard InChI is InChI=1S/C27H31F3/c1-2-3-4-6-18-9-11-19(12-10-18)20-13-14-21-16-24(26(29)17-22(21)15-20)23-7-5-8-25(28)27(23)30/h2-3,5,7-8,16-20H,4,6,9-15H2,1H3/b3-2+. The molecule has 0 saturated heterocycles. The largest absolute Gasteiger partial charge is 0.206 e. The van der Waals surface area contributed by atoms with E-state index < -0.39 is 17.5 Å². The number of benzene rings is 2. The van der Waals surface area contributed by atoms with E-state index in [2.05, 4.69) is 19.1 Å². The summed E-state index contributed by atoms with van der Waals surface area (Å²) in [7, 11) is 0. The summed E-state index contributed by atoms with van der Waals surface area (Å²) in [6, 6.07) is 7.26. The zero-order valence-corrected chi connectivity index (χ0v) is 17.8. The molecule has 0 aliphatic heterocycles. The molecule has 0 amide bonds. The molecular weight excluding hydrogens is 381 g/mol. The van der Waals surface area contributed by atoms with Gasteiger partial charge in [-0.3, -0.25) is 0 Å². The van der Waals surface area contributed by atoms with Crippen LogP contribution in [0.15, 0.2) is 42.5 Å². The second kappa shape index (κ2) is 9.41. The van der Waals surface area contributed by atoms with Gasteiger partial charge in [-0.25, -0.2) is 13.2 Å². The van der Waals surface area contributed by atoms with Gasteiger partial charge in [-0.2, -0.15) is 0 Å². The van der Waals surface area contributed by atoms with Gasteiger partial charge in [0, 0.05) is 11.1 Å². The number of aryl methyl sites for hydroxylation is 1. The Bertz CT molecular complexity index is 907. The third-order valence-corrected chi connectivity index (χ3v) is 7.33. The molecule has 2 aromatic rings. The zero-order valence-electron chi connectivity index (χ0n) is 17.8. The van der Waals surface area contributed by atoms with Crippen LogP contribution in [0.4, 0.5) is 13.2 Å². The van der Waals surface area contributed by atoms with Crippen molar-refractivity contribution in [2.24, 2.45) is 17.8 Å². The number of halogens is 3. The third kappa shape index (κ3) is 4.50. The van der Waals surface area contributed by atoms with Crippen molar-refractivity contribution < 1.29 is 13.2 Å². The fourth-order valence-electron chi connectivity index (χ4n) is 5.57. The lowest BCUT2D eigenvalue weighted by Gasteiger charge is -2.36. The lowest BCUT2D eigenvalue weighted by Crippen LogP contribution is -2.26. The Balaban J connectivity index is 1.44. The fraction of sp³-hybridized carbons (Fsp3) is 0.481. The first-order valence-corrected chi connectivity index (χ1v) is 11.4. The maximum Gasteiger partial charge on any atom is 0.166 e. The van der Waals surface area contributed by atoms with E-state index in [1.54, 1.807) is 12.1 Å². The number of hydrogen-bond donors (Lipinski definition) is 0. The van der Waals surface area contributed by atoms with Crippen molar-refractivity contribution in [1.29, 1.82) is 0 Å². The molecule has 3 heteroatoms. The molecule has 1 fully saturated rings. The first-order valence-electron chi connectivity index (χ1n) is 11.4. The van der Waals surface area contributed by atoms with Crippen LogP contribution in [0.2, 0.25) is 0 Å². The van der Waals surface area contributed by atoms with E-state index in [-0.39, 0.29) is 11.1 Å². The Morgan fingerprint density at radius 2 is 1.67 bits per heavy atom. The molecule has 2 aromatic carbocycles. The molecule has 0 N–H and O–H groups in total. The van der Waals surface area contributed by atoms with E-state index in [1.165, 1.54) is 50.7 Å². The summed E-state index contributed by atoms with van der Waals surface area (Å²) in [6.45, 7) is 2.08. The lowest BCUT2D eigenvalue weighted by atomic mass is 9.69. The smallest absolute Gasteiger partial charge is 0.166 e. The monoisotopic (exact) mass is 412 g/mol. The van der Waals surface area contributed by atoms with Gasteiger partial charge in [-0.05, 0) is 98.9 Å². The summed E-state index contributed by atoms with van der Waals surface area (Å²) in [4.78, 5) is 0. The van der Waals surface area contributed by atoms with E-state index in [1.807, 2.05) is 0 Å². The summed E-state index contributed by atoms with van der Waals surface area (Å²) in [5, 5.41) is 0. The highest BCUT2D eigenvalue weighted by molar-refractivity contribution is 5.66. The van der Waals surface area contributed by atoms with Crippen molar-refractivity contribution in [2.45, 2.75) is 64.7 Å². The number of fused-ring (bicyclic) bond motifs is 1. The minimum Gasteiger partial charge on any atom is -0.206 e. The topological polar surface area (TPSA) is 0 Å². The van der Waals surface area contributed by atoms with Crippen LogP contribution >= 0.6 is 0 Å². The molecule has 0 nitrogen and oxygen atoms in total. The molecular formula is C27H31F3. The molecule has 2 aliphatic carbocycles. The Morgan fingerprint density at radius 3 is 2.43 bits per heavy atom. The molecule has 160 valence electrons. The Kier molecular flexibility index (Phi) is 6.65. The van der Waals surface area contributed by atoms with Crippen LogP contribution in [-0.2, 0) is 12.8 Å². The maximum absolute atomic E-state index is 14.8. The van der Waals surface area contributed by atoms with Gasteiger partial charge in [0.1, 0.15) is 5.82 Å². The molecule has 0 radical (unpaired) electrons. The van der Waals surface area contributed by atoms with Crippen molar-refractivity contribution in [3.8, 4) is 11.1 Å². The van der Waals surface area contributed by atoms with Crippen LogP contribution in [0.1, 0.15) is 63.0 Å². The van der Waals surface area contributed by atoms with Gasteiger partial charge in [0.05, 0.1) is 0 Å². The predicted octanol–water partition coefficient (Wildman–Crippen LogP) is 8.04. The van der Waals surface area contributed by atoms with E-state index in [4.69, 9.17) is 0 Å². The Labute approximate surface area is 178 Å². The van der Waals surface area contributed by atoms with Gasteiger partial charge >= 0.3 is 0 Å². The highest BCUT2D eigenvalue weighted by Gasteiger charge is 2.30. The molecule has 2 aliphatic rings. The van der Waals surface area contributed by atoms with Crippen molar-refractivity contribution in [3.05, 3.63) is 71.1 Å². The molecule has 0 heterocycles. The summed E-state index contributed by atoms with van der Waals surface area (Å²) in [6.07, 6.45) is 15.0. The summed E-state index contributed by atoms with van der Waals surface area (Å²) < 4.78 is 42.6. The molecule has 0 bridgehead atoms. The normalized spacial score (nSPS) is 24.2. The zero-order chi connectivity index (χ0) is 21.1. The van der Waals surface area contributed by atoms with Crippen LogP contribution in [0, 0.1) is 35.2 Å². The van der Waals surface area contributed by atoms with E-state index in [0.717, 1.165) is 48.3 Å². The van der Waals surface area contributed by atoms with Crippen LogP contribution < -0.4 is 0 Å². The van der Waals surface area contributed by atoms with E-state index >= 15 is 0 Å². The number of allylic oxidation sites excluding steroid dienone is 2. The van der Waals surface area contributed by atoms with Crippen LogP contribution in [0.3, 0.4) is 0 Å². The summed E-state index contributed by atoms with van der Waals surface area (Å²) in [5.41, 5.74) is 2.32. The lowest BCUT2D eigenvalue weighted by molar-refractivity contribution is 0.185. The minimum atomic E-state index is -0.976. The van der Waals surface area contributed by atoms with E-state index in [9.17, 15) is 13.2 Å². The number of rotatable bonds is 5. The average molecular weight is 413 g/mol. The molecule has 4 rings (SSSR count). The van der Waals surface area contributed by atoms with Gasteiger partial charge in [0.15, 0.2) is 11.6 Å². The van der Waals surface area contributed by atoms with Crippen LogP contribution in [0.5, 0.6) is 0 Å². The fourth-order valence-corrected chi connectivity index (χ4v) is 5.57. The third-order valence-electron chi connectivity index (χ3n) is 7.33. The van der Waals surface area contributed by atoms with Crippen molar-refractivity contribution in [1.82, 2.24) is 0 Å². The van der Waals surface area contributed by atoms with Gasteiger partial charge in [-0.15, -0.1) is 0 Å². The maximum atomic E-state index is 14.8. The molecule has 30 heavy (non-hydrogen) atoms. The quantitative estimate of drug-likeness (QED) is 0.436. The van der Waals surface area contributed by atoms with Gasteiger partial charge in [0.25, 0.3) is 0 Å². The molecule has 1 unspecified atom stereocenters. The average Bonchev–Trinajstić information content (AvgIpc) is 2.76. The highest BCUT2D eigenvalue weighted by atomic mass is 19.2.